The molecular formula is C29H32ClN3O2. The van der Waals surface area contributed by atoms with Crippen LogP contribution in [0, 0.1) is 20.8 Å². The van der Waals surface area contributed by atoms with Crippen LogP contribution in [-0.2, 0) is 13.0 Å². The highest BCUT2D eigenvalue weighted by Crippen LogP contribution is 2.22. The maximum Gasteiger partial charge on any atom is 0.251 e. The number of aryl methyl sites for hydroxylation is 4. The molecule has 4 aromatic rings. The van der Waals surface area contributed by atoms with Gasteiger partial charge in [0, 0.05) is 30.1 Å². The molecule has 0 aliphatic rings. The van der Waals surface area contributed by atoms with Crippen LogP contribution in [0.25, 0.3) is 11.0 Å². The van der Waals surface area contributed by atoms with Crippen LogP contribution < -0.4 is 10.1 Å². The zero-order chi connectivity index (χ0) is 24.8. The Morgan fingerprint density at radius 2 is 1.83 bits per heavy atom. The second-order valence-electron chi connectivity index (χ2n) is 8.96. The van der Waals surface area contributed by atoms with Gasteiger partial charge in [-0.3, -0.25) is 4.79 Å². The fourth-order valence-corrected chi connectivity index (χ4v) is 4.40. The first-order valence-electron chi connectivity index (χ1n) is 12.1. The number of para-hydroxylation sites is 2. The zero-order valence-corrected chi connectivity index (χ0v) is 21.4. The van der Waals surface area contributed by atoms with Crippen molar-refractivity contribution in [2.45, 2.75) is 46.6 Å². The first-order chi connectivity index (χ1) is 16.9. The van der Waals surface area contributed by atoms with E-state index in [1.807, 2.05) is 75.4 Å². The minimum absolute atomic E-state index is 0.0419. The predicted molar refractivity (Wildman–Crippen MR) is 143 cm³/mol. The van der Waals surface area contributed by atoms with Crippen LogP contribution in [0.3, 0.4) is 0 Å². The third-order valence-corrected chi connectivity index (χ3v) is 6.59. The number of rotatable bonds is 10. The van der Waals surface area contributed by atoms with E-state index >= 15 is 0 Å². The monoisotopic (exact) mass is 489 g/mol. The van der Waals surface area contributed by atoms with Gasteiger partial charge in [-0.25, -0.2) is 4.98 Å². The molecule has 35 heavy (non-hydrogen) atoms. The van der Waals surface area contributed by atoms with E-state index in [9.17, 15) is 4.79 Å². The highest BCUT2D eigenvalue weighted by atomic mass is 35.5. The molecule has 1 amide bonds. The molecule has 182 valence electrons. The number of hydrogen-bond acceptors (Lipinski definition) is 3. The number of benzene rings is 3. The highest BCUT2D eigenvalue weighted by molar-refractivity contribution is 6.31. The van der Waals surface area contributed by atoms with Crippen molar-refractivity contribution in [2.75, 3.05) is 13.2 Å². The van der Waals surface area contributed by atoms with Crippen LogP contribution in [-0.4, -0.2) is 28.6 Å². The molecule has 5 nitrogen and oxygen atoms in total. The maximum atomic E-state index is 12.7. The van der Waals surface area contributed by atoms with E-state index < -0.39 is 0 Å². The fraction of sp³-hybridized carbons (Fsp3) is 0.310. The number of carbonyl (C=O) groups is 1. The molecule has 0 spiro atoms. The summed E-state index contributed by atoms with van der Waals surface area (Å²) >= 11 is 6.09. The second kappa shape index (κ2) is 11.4. The Morgan fingerprint density at radius 1 is 1.00 bits per heavy atom. The normalized spacial score (nSPS) is 11.1. The van der Waals surface area contributed by atoms with Gasteiger partial charge in [0.25, 0.3) is 5.91 Å². The molecule has 1 N–H and O–H groups in total. The summed E-state index contributed by atoms with van der Waals surface area (Å²) in [6, 6.07) is 19.8. The molecule has 0 saturated heterocycles. The summed E-state index contributed by atoms with van der Waals surface area (Å²) in [6.07, 6.45) is 2.57. The average molecular weight is 490 g/mol. The number of ether oxygens (including phenoxy) is 1. The number of fused-ring (bicyclic) bond motifs is 1. The molecule has 0 bridgehead atoms. The Labute approximate surface area is 212 Å². The Balaban J connectivity index is 1.34. The van der Waals surface area contributed by atoms with Crippen molar-refractivity contribution in [3.63, 3.8) is 0 Å². The summed E-state index contributed by atoms with van der Waals surface area (Å²) in [5.74, 6) is 1.79. The third kappa shape index (κ3) is 6.23. The van der Waals surface area contributed by atoms with Crippen molar-refractivity contribution >= 4 is 28.5 Å². The molecule has 0 radical (unpaired) electrons. The van der Waals surface area contributed by atoms with Crippen molar-refractivity contribution in [3.05, 3.63) is 93.8 Å². The molecule has 3 aromatic carbocycles. The van der Waals surface area contributed by atoms with Crippen molar-refractivity contribution in [3.8, 4) is 5.75 Å². The number of amides is 1. The number of hydrogen-bond donors (Lipinski definition) is 1. The van der Waals surface area contributed by atoms with E-state index in [-0.39, 0.29) is 5.91 Å². The van der Waals surface area contributed by atoms with E-state index in [2.05, 4.69) is 16.0 Å². The molecule has 0 saturated carbocycles. The smallest absolute Gasteiger partial charge is 0.251 e. The van der Waals surface area contributed by atoms with Gasteiger partial charge in [0.2, 0.25) is 0 Å². The molecule has 0 aliphatic carbocycles. The minimum atomic E-state index is -0.0419. The summed E-state index contributed by atoms with van der Waals surface area (Å²) in [6.45, 7) is 8.02. The van der Waals surface area contributed by atoms with E-state index in [1.165, 1.54) is 0 Å². The lowest BCUT2D eigenvalue weighted by molar-refractivity contribution is 0.0953. The topological polar surface area (TPSA) is 56.2 Å². The Morgan fingerprint density at radius 3 is 2.63 bits per heavy atom. The number of carbonyl (C=O) groups excluding carboxylic acids is 1. The first kappa shape index (κ1) is 24.8. The number of nitrogens with one attached hydrogen (secondary N) is 1. The molecule has 4 rings (SSSR count). The largest absolute Gasteiger partial charge is 0.494 e. The summed E-state index contributed by atoms with van der Waals surface area (Å²) in [5.41, 5.74) is 5.99. The van der Waals surface area contributed by atoms with Crippen LogP contribution in [0.2, 0.25) is 5.02 Å². The number of halogens is 1. The second-order valence-corrected chi connectivity index (χ2v) is 9.37. The first-order valence-corrected chi connectivity index (χ1v) is 12.5. The Bertz CT molecular complexity index is 1330. The van der Waals surface area contributed by atoms with Crippen LogP contribution in [0.4, 0.5) is 0 Å². The fourth-order valence-electron chi connectivity index (χ4n) is 4.29. The lowest BCUT2D eigenvalue weighted by atomic mass is 10.1. The van der Waals surface area contributed by atoms with Gasteiger partial charge in [-0.05, 0) is 81.1 Å². The van der Waals surface area contributed by atoms with Gasteiger partial charge in [0.15, 0.2) is 0 Å². The molecular weight excluding hydrogens is 458 g/mol. The van der Waals surface area contributed by atoms with E-state index in [0.717, 1.165) is 69.3 Å². The van der Waals surface area contributed by atoms with E-state index in [4.69, 9.17) is 21.3 Å². The van der Waals surface area contributed by atoms with Crippen molar-refractivity contribution in [1.29, 1.82) is 0 Å². The van der Waals surface area contributed by atoms with Crippen LogP contribution >= 0.6 is 11.6 Å². The third-order valence-electron chi connectivity index (χ3n) is 6.17. The van der Waals surface area contributed by atoms with Gasteiger partial charge in [0.05, 0.1) is 17.6 Å². The molecule has 0 atom stereocenters. The molecule has 0 fully saturated rings. The molecule has 0 unspecified atom stereocenters. The summed E-state index contributed by atoms with van der Waals surface area (Å²) in [7, 11) is 0. The maximum absolute atomic E-state index is 12.7. The van der Waals surface area contributed by atoms with Crippen LogP contribution in [0.5, 0.6) is 5.75 Å². The number of aromatic nitrogens is 2. The lowest BCUT2D eigenvalue weighted by Crippen LogP contribution is -2.27. The minimum Gasteiger partial charge on any atom is -0.494 e. The quantitative estimate of drug-likeness (QED) is 0.260. The number of unbranched alkanes of at least 4 members (excludes halogenated alkanes) is 1. The Hall–Kier alpha value is -3.31. The molecule has 1 aromatic heterocycles. The van der Waals surface area contributed by atoms with Crippen molar-refractivity contribution in [2.24, 2.45) is 0 Å². The van der Waals surface area contributed by atoms with E-state index in [1.54, 1.807) is 0 Å². The van der Waals surface area contributed by atoms with E-state index in [0.29, 0.717) is 19.6 Å². The lowest BCUT2D eigenvalue weighted by Gasteiger charge is -2.12. The number of imidazole rings is 1. The summed E-state index contributed by atoms with van der Waals surface area (Å²) in [5, 5.41) is 3.81. The van der Waals surface area contributed by atoms with Gasteiger partial charge in [0.1, 0.15) is 11.6 Å². The molecule has 0 aliphatic heterocycles. The highest BCUT2D eigenvalue weighted by Gasteiger charge is 2.12. The van der Waals surface area contributed by atoms with Crippen molar-refractivity contribution in [1.82, 2.24) is 14.9 Å². The SMILES string of the molecule is Cc1ccc(C(=O)NCCc2nc3ccccc3n2CCCCOc2ccc(Cl)c(C)c2)c(C)c1. The van der Waals surface area contributed by atoms with Crippen LogP contribution in [0.1, 0.15) is 45.7 Å². The van der Waals surface area contributed by atoms with Crippen molar-refractivity contribution < 1.29 is 9.53 Å². The van der Waals surface area contributed by atoms with Gasteiger partial charge in [-0.2, -0.15) is 0 Å². The van der Waals surface area contributed by atoms with Gasteiger partial charge in [-0.1, -0.05) is 41.4 Å². The molecule has 1 heterocycles. The predicted octanol–water partition coefficient (Wildman–Crippen LogP) is 6.45. The van der Waals surface area contributed by atoms with Crippen LogP contribution in [0.15, 0.2) is 60.7 Å². The van der Waals surface area contributed by atoms with Gasteiger partial charge < -0.3 is 14.6 Å². The van der Waals surface area contributed by atoms with Gasteiger partial charge in [-0.15, -0.1) is 0 Å². The average Bonchev–Trinajstić information content (AvgIpc) is 3.18. The Kier molecular flexibility index (Phi) is 8.09. The summed E-state index contributed by atoms with van der Waals surface area (Å²) in [4.78, 5) is 17.5. The zero-order valence-electron chi connectivity index (χ0n) is 20.6. The number of nitrogens with zero attached hydrogens (tertiary/aromatic N) is 2. The summed E-state index contributed by atoms with van der Waals surface area (Å²) < 4.78 is 8.17. The standard InChI is InChI=1S/C29H32ClN3O2/c1-20-10-12-24(21(2)18-20)29(34)31-15-14-28-32-26-8-4-5-9-27(26)33(28)16-6-7-17-35-23-11-13-25(30)22(3)19-23/h4-5,8-13,18-19H,6-7,14-17H2,1-3H3,(H,31,34). The van der Waals surface area contributed by atoms with Gasteiger partial charge >= 0.3 is 0 Å². The molecule has 6 heteroatoms.